The number of benzene rings is 1. The molecule has 1 N–H and O–H groups in total. The lowest BCUT2D eigenvalue weighted by molar-refractivity contribution is -0.112. The Morgan fingerprint density at radius 2 is 2.00 bits per heavy atom. The van der Waals surface area contributed by atoms with Gasteiger partial charge in [-0.05, 0) is 36.5 Å². The van der Waals surface area contributed by atoms with Crippen LogP contribution in [0.25, 0.3) is 0 Å². The molecule has 1 amide bonds. The normalized spacial score (nSPS) is 18.0. The number of rotatable bonds is 0. The summed E-state index contributed by atoms with van der Waals surface area (Å²) in [5, 5.41) is 2.66. The van der Waals surface area contributed by atoms with Crippen LogP contribution in [0.15, 0.2) is 12.1 Å². The number of ketones is 1. The van der Waals surface area contributed by atoms with E-state index in [1.165, 1.54) is 11.1 Å². The lowest BCUT2D eigenvalue weighted by Gasteiger charge is -2.04. The molecule has 0 saturated heterocycles. The summed E-state index contributed by atoms with van der Waals surface area (Å²) >= 11 is 0. The summed E-state index contributed by atoms with van der Waals surface area (Å²) in [5.74, 6) is -0.880. The zero-order chi connectivity index (χ0) is 9.71. The molecule has 0 spiro atoms. The van der Waals surface area contributed by atoms with E-state index in [1.807, 2.05) is 6.07 Å². The van der Waals surface area contributed by atoms with Crippen molar-refractivity contribution >= 4 is 17.4 Å². The van der Waals surface area contributed by atoms with Crippen LogP contribution in [-0.2, 0) is 17.6 Å². The highest BCUT2D eigenvalue weighted by molar-refractivity contribution is 6.51. The Bertz CT molecular complexity index is 463. The fourth-order valence-electron chi connectivity index (χ4n) is 2.29. The van der Waals surface area contributed by atoms with Gasteiger partial charge in [0.2, 0.25) is 0 Å². The number of hydrogen-bond donors (Lipinski definition) is 1. The van der Waals surface area contributed by atoms with Crippen molar-refractivity contribution in [1.29, 1.82) is 0 Å². The standard InChI is InChI=1S/C11H9NO2/c13-10-8-5-4-6-2-1-3-7(6)9(8)12-11(10)14/h4-5H,1-3H2,(H,12,13,14). The SMILES string of the molecule is O=C1Nc2c(ccc3c2CCC3)C1=O. The molecule has 0 saturated carbocycles. The second kappa shape index (κ2) is 2.44. The minimum absolute atomic E-state index is 0.394. The molecule has 1 aliphatic heterocycles. The molecule has 0 radical (unpaired) electrons. The first kappa shape index (κ1) is 7.74. The molecule has 1 heterocycles. The van der Waals surface area contributed by atoms with Crippen molar-refractivity contribution in [3.63, 3.8) is 0 Å². The number of fused-ring (bicyclic) bond motifs is 3. The number of Topliss-reactive ketones (excluding diaryl/α,β-unsaturated/α-hetero) is 1. The van der Waals surface area contributed by atoms with E-state index in [1.54, 1.807) is 6.07 Å². The van der Waals surface area contributed by atoms with Crippen molar-refractivity contribution < 1.29 is 9.59 Å². The average Bonchev–Trinajstić information content (AvgIpc) is 2.73. The lowest BCUT2D eigenvalue weighted by Crippen LogP contribution is -2.12. The molecular formula is C11H9NO2. The van der Waals surface area contributed by atoms with Crippen LogP contribution in [0.3, 0.4) is 0 Å². The van der Waals surface area contributed by atoms with Crippen molar-refractivity contribution in [3.05, 3.63) is 28.8 Å². The Kier molecular flexibility index (Phi) is 1.35. The van der Waals surface area contributed by atoms with Gasteiger partial charge in [-0.25, -0.2) is 0 Å². The molecule has 1 aromatic carbocycles. The molecule has 0 atom stereocenters. The first-order valence-corrected chi connectivity index (χ1v) is 4.78. The van der Waals surface area contributed by atoms with Gasteiger partial charge in [0.05, 0.1) is 11.3 Å². The zero-order valence-corrected chi connectivity index (χ0v) is 7.59. The minimum Gasteiger partial charge on any atom is -0.318 e. The van der Waals surface area contributed by atoms with Gasteiger partial charge in [0.1, 0.15) is 0 Å². The molecule has 0 unspecified atom stereocenters. The van der Waals surface area contributed by atoms with Crippen LogP contribution in [0.5, 0.6) is 0 Å². The molecule has 14 heavy (non-hydrogen) atoms. The minimum atomic E-state index is -0.486. The highest BCUT2D eigenvalue weighted by atomic mass is 16.2. The van der Waals surface area contributed by atoms with Gasteiger partial charge in [-0.2, -0.15) is 0 Å². The number of carbonyl (C=O) groups is 2. The first-order valence-electron chi connectivity index (χ1n) is 4.78. The van der Waals surface area contributed by atoms with E-state index in [0.717, 1.165) is 24.9 Å². The summed E-state index contributed by atoms with van der Waals surface area (Å²) in [6.07, 6.45) is 3.16. The third-order valence-corrected chi connectivity index (χ3v) is 2.97. The van der Waals surface area contributed by atoms with Crippen molar-refractivity contribution in [3.8, 4) is 0 Å². The number of hydrogen-bond acceptors (Lipinski definition) is 2. The Labute approximate surface area is 81.1 Å². The Hall–Kier alpha value is -1.64. The highest BCUT2D eigenvalue weighted by Gasteiger charge is 2.31. The van der Waals surface area contributed by atoms with Crippen LogP contribution in [0.1, 0.15) is 27.9 Å². The number of carbonyl (C=O) groups excluding carboxylic acids is 2. The van der Waals surface area contributed by atoms with E-state index in [-0.39, 0.29) is 0 Å². The van der Waals surface area contributed by atoms with Gasteiger partial charge < -0.3 is 5.32 Å². The van der Waals surface area contributed by atoms with Gasteiger partial charge in [-0.15, -0.1) is 0 Å². The number of nitrogens with one attached hydrogen (secondary N) is 1. The molecule has 0 bridgehead atoms. The fourth-order valence-corrected chi connectivity index (χ4v) is 2.29. The molecule has 3 heteroatoms. The maximum Gasteiger partial charge on any atom is 0.296 e. The molecule has 2 aliphatic rings. The average molecular weight is 187 g/mol. The highest BCUT2D eigenvalue weighted by Crippen LogP contribution is 2.34. The van der Waals surface area contributed by atoms with E-state index in [0.29, 0.717) is 5.56 Å². The summed E-state index contributed by atoms with van der Waals surface area (Å²) in [4.78, 5) is 22.6. The molecular weight excluding hydrogens is 178 g/mol. The van der Waals surface area contributed by atoms with E-state index in [4.69, 9.17) is 0 Å². The summed E-state index contributed by atoms with van der Waals surface area (Å²) < 4.78 is 0. The summed E-state index contributed by atoms with van der Waals surface area (Å²) in [6, 6.07) is 3.74. The maximum absolute atomic E-state index is 11.4. The van der Waals surface area contributed by atoms with Gasteiger partial charge in [-0.3, -0.25) is 9.59 Å². The summed E-state index contributed by atoms with van der Waals surface area (Å²) in [6.45, 7) is 0. The van der Waals surface area contributed by atoms with E-state index in [2.05, 4.69) is 5.32 Å². The summed E-state index contributed by atoms with van der Waals surface area (Å²) in [5.41, 5.74) is 3.77. The predicted octanol–water partition coefficient (Wildman–Crippen LogP) is 1.31. The lowest BCUT2D eigenvalue weighted by atomic mass is 10.0. The Morgan fingerprint density at radius 1 is 1.14 bits per heavy atom. The molecule has 1 aromatic rings. The van der Waals surface area contributed by atoms with Crippen molar-refractivity contribution in [2.24, 2.45) is 0 Å². The van der Waals surface area contributed by atoms with E-state index in [9.17, 15) is 9.59 Å². The van der Waals surface area contributed by atoms with Gasteiger partial charge in [0, 0.05) is 0 Å². The first-order chi connectivity index (χ1) is 6.77. The summed E-state index contributed by atoms with van der Waals surface area (Å²) in [7, 11) is 0. The topological polar surface area (TPSA) is 46.2 Å². The number of anilines is 1. The molecule has 70 valence electrons. The predicted molar refractivity (Wildman–Crippen MR) is 51.4 cm³/mol. The Balaban J connectivity index is 2.27. The van der Waals surface area contributed by atoms with Gasteiger partial charge in [0.15, 0.2) is 0 Å². The quantitative estimate of drug-likeness (QED) is 0.622. The van der Waals surface area contributed by atoms with Crippen LogP contribution in [0.2, 0.25) is 0 Å². The van der Waals surface area contributed by atoms with Crippen LogP contribution in [0.4, 0.5) is 5.69 Å². The smallest absolute Gasteiger partial charge is 0.296 e. The van der Waals surface area contributed by atoms with E-state index >= 15 is 0 Å². The number of amides is 1. The molecule has 3 nitrogen and oxygen atoms in total. The van der Waals surface area contributed by atoms with Gasteiger partial charge in [-0.1, -0.05) is 6.07 Å². The zero-order valence-electron chi connectivity index (χ0n) is 7.59. The number of aryl methyl sites for hydroxylation is 1. The molecule has 1 aliphatic carbocycles. The van der Waals surface area contributed by atoms with Crippen LogP contribution >= 0.6 is 0 Å². The largest absolute Gasteiger partial charge is 0.318 e. The molecule has 0 aromatic heterocycles. The van der Waals surface area contributed by atoms with Crippen LogP contribution in [0, 0.1) is 0 Å². The second-order valence-corrected chi connectivity index (χ2v) is 3.76. The van der Waals surface area contributed by atoms with Crippen molar-refractivity contribution in [1.82, 2.24) is 0 Å². The van der Waals surface area contributed by atoms with Crippen LogP contribution in [-0.4, -0.2) is 11.7 Å². The molecule has 3 rings (SSSR count). The van der Waals surface area contributed by atoms with Gasteiger partial charge in [0.25, 0.3) is 11.7 Å². The van der Waals surface area contributed by atoms with E-state index < -0.39 is 11.7 Å². The van der Waals surface area contributed by atoms with Crippen molar-refractivity contribution in [2.45, 2.75) is 19.3 Å². The third-order valence-electron chi connectivity index (χ3n) is 2.97. The van der Waals surface area contributed by atoms with Gasteiger partial charge >= 0.3 is 0 Å². The second-order valence-electron chi connectivity index (χ2n) is 3.76. The van der Waals surface area contributed by atoms with Crippen LogP contribution < -0.4 is 5.32 Å². The maximum atomic E-state index is 11.4. The monoisotopic (exact) mass is 187 g/mol. The molecule has 0 fully saturated rings. The third kappa shape index (κ3) is 0.816. The Morgan fingerprint density at radius 3 is 2.86 bits per heavy atom. The fraction of sp³-hybridized carbons (Fsp3) is 0.273. The van der Waals surface area contributed by atoms with Crippen molar-refractivity contribution in [2.75, 3.05) is 5.32 Å².